The van der Waals surface area contributed by atoms with E-state index in [1.54, 1.807) is 0 Å². The van der Waals surface area contributed by atoms with Crippen LogP contribution in [-0.4, -0.2) is 34.0 Å². The van der Waals surface area contributed by atoms with Crippen molar-refractivity contribution in [3.8, 4) is 0 Å². The van der Waals surface area contributed by atoms with Gasteiger partial charge in [-0.3, -0.25) is 14.5 Å². The van der Waals surface area contributed by atoms with Gasteiger partial charge in [0.05, 0.1) is 24.0 Å². The summed E-state index contributed by atoms with van der Waals surface area (Å²) in [5, 5.41) is 9.27. The van der Waals surface area contributed by atoms with E-state index in [1.165, 1.54) is 4.90 Å². The smallest absolute Gasteiger partial charge is 0.233 e. The Morgan fingerprint density at radius 2 is 1.73 bits per heavy atom. The highest BCUT2D eigenvalue weighted by atomic mass is 16.3. The summed E-state index contributed by atoms with van der Waals surface area (Å²) >= 11 is 0. The SMILES string of the molecule is O=C1C2CCCC2C(=O)N1C1(CO)CC1. The van der Waals surface area contributed by atoms with Crippen molar-refractivity contribution in [3.05, 3.63) is 0 Å². The van der Waals surface area contributed by atoms with Gasteiger partial charge in [0.25, 0.3) is 0 Å². The van der Waals surface area contributed by atoms with Crippen molar-refractivity contribution in [1.82, 2.24) is 4.90 Å². The molecule has 3 fully saturated rings. The summed E-state index contributed by atoms with van der Waals surface area (Å²) in [4.78, 5) is 25.5. The van der Waals surface area contributed by atoms with Gasteiger partial charge in [-0.25, -0.2) is 0 Å². The molecule has 0 bridgehead atoms. The van der Waals surface area contributed by atoms with E-state index in [0.717, 1.165) is 32.1 Å². The first-order valence-electron chi connectivity index (χ1n) is 5.68. The third kappa shape index (κ3) is 1.06. The molecule has 4 heteroatoms. The minimum absolute atomic E-state index is 0.0194. The van der Waals surface area contributed by atoms with Gasteiger partial charge in [0.15, 0.2) is 0 Å². The molecule has 1 heterocycles. The molecule has 2 unspecified atom stereocenters. The molecule has 82 valence electrons. The molecule has 2 saturated carbocycles. The number of hydrogen-bond acceptors (Lipinski definition) is 3. The summed E-state index contributed by atoms with van der Waals surface area (Å²) in [7, 11) is 0. The second-order valence-corrected chi connectivity index (χ2v) is 5.04. The predicted molar refractivity (Wildman–Crippen MR) is 51.7 cm³/mol. The third-order valence-electron chi connectivity index (χ3n) is 4.19. The maximum atomic E-state index is 12.0. The van der Waals surface area contributed by atoms with Crippen LogP contribution in [0, 0.1) is 11.8 Å². The zero-order chi connectivity index (χ0) is 10.6. The second kappa shape index (κ2) is 2.82. The summed E-state index contributed by atoms with van der Waals surface area (Å²) in [5.74, 6) is -0.175. The largest absolute Gasteiger partial charge is 0.394 e. The molecule has 2 aliphatic carbocycles. The lowest BCUT2D eigenvalue weighted by atomic mass is 10.00. The number of carbonyl (C=O) groups excluding carboxylic acids is 2. The molecular weight excluding hydrogens is 194 g/mol. The first-order chi connectivity index (χ1) is 7.19. The van der Waals surface area contributed by atoms with Crippen LogP contribution < -0.4 is 0 Å². The highest BCUT2D eigenvalue weighted by molar-refractivity contribution is 6.06. The van der Waals surface area contributed by atoms with Crippen molar-refractivity contribution >= 4 is 11.8 Å². The Labute approximate surface area is 88.2 Å². The number of aliphatic hydroxyl groups is 1. The number of amides is 2. The molecule has 3 aliphatic rings. The Hall–Kier alpha value is -0.900. The van der Waals surface area contributed by atoms with Crippen molar-refractivity contribution in [2.45, 2.75) is 37.6 Å². The lowest BCUT2D eigenvalue weighted by molar-refractivity contribution is -0.145. The summed E-state index contributed by atoms with van der Waals surface area (Å²) < 4.78 is 0. The van der Waals surface area contributed by atoms with E-state index < -0.39 is 5.54 Å². The van der Waals surface area contributed by atoms with E-state index in [2.05, 4.69) is 0 Å². The van der Waals surface area contributed by atoms with Crippen LogP contribution in [0.3, 0.4) is 0 Å². The summed E-state index contributed by atoms with van der Waals surface area (Å²) in [5.41, 5.74) is -0.501. The van der Waals surface area contributed by atoms with E-state index in [9.17, 15) is 14.7 Å². The molecule has 2 amide bonds. The van der Waals surface area contributed by atoms with Gasteiger partial charge in [-0.15, -0.1) is 0 Å². The third-order valence-corrected chi connectivity index (χ3v) is 4.19. The van der Waals surface area contributed by atoms with Crippen molar-refractivity contribution < 1.29 is 14.7 Å². The first-order valence-corrected chi connectivity index (χ1v) is 5.68. The minimum Gasteiger partial charge on any atom is -0.394 e. The Balaban J connectivity index is 1.92. The summed E-state index contributed by atoms with van der Waals surface area (Å²) in [6, 6.07) is 0. The van der Waals surface area contributed by atoms with E-state index in [1.807, 2.05) is 0 Å². The lowest BCUT2D eigenvalue weighted by Crippen LogP contribution is -2.45. The van der Waals surface area contributed by atoms with Crippen molar-refractivity contribution in [2.75, 3.05) is 6.61 Å². The normalized spacial score (nSPS) is 37.3. The molecule has 0 aromatic heterocycles. The molecule has 1 saturated heterocycles. The molecule has 15 heavy (non-hydrogen) atoms. The Morgan fingerprint density at radius 1 is 1.20 bits per heavy atom. The zero-order valence-electron chi connectivity index (χ0n) is 8.61. The van der Waals surface area contributed by atoms with Crippen LogP contribution in [0.4, 0.5) is 0 Å². The van der Waals surface area contributed by atoms with Crippen LogP contribution in [0.15, 0.2) is 0 Å². The topological polar surface area (TPSA) is 57.6 Å². The quantitative estimate of drug-likeness (QED) is 0.665. The van der Waals surface area contributed by atoms with Gasteiger partial charge in [-0.1, -0.05) is 6.42 Å². The fourth-order valence-corrected chi connectivity index (χ4v) is 3.06. The summed E-state index contributed by atoms with van der Waals surface area (Å²) in [6.07, 6.45) is 4.26. The molecule has 0 aromatic carbocycles. The number of rotatable bonds is 2. The summed E-state index contributed by atoms with van der Waals surface area (Å²) in [6.45, 7) is -0.0656. The maximum Gasteiger partial charge on any atom is 0.233 e. The van der Waals surface area contributed by atoms with Gasteiger partial charge >= 0.3 is 0 Å². The van der Waals surface area contributed by atoms with E-state index in [0.29, 0.717) is 0 Å². The zero-order valence-corrected chi connectivity index (χ0v) is 8.61. The van der Waals surface area contributed by atoms with Crippen LogP contribution >= 0.6 is 0 Å². The average molecular weight is 209 g/mol. The predicted octanol–water partition coefficient (Wildman–Crippen LogP) is 0.296. The Bertz CT molecular complexity index is 313. The minimum atomic E-state index is -0.501. The van der Waals surface area contributed by atoms with Crippen LogP contribution in [0.2, 0.25) is 0 Å². The van der Waals surface area contributed by atoms with E-state index in [4.69, 9.17) is 0 Å². The Morgan fingerprint density at radius 3 is 2.13 bits per heavy atom. The highest BCUT2D eigenvalue weighted by Gasteiger charge is 2.60. The van der Waals surface area contributed by atoms with Crippen molar-refractivity contribution in [2.24, 2.45) is 11.8 Å². The molecule has 3 rings (SSSR count). The van der Waals surface area contributed by atoms with Gasteiger partial charge in [0, 0.05) is 0 Å². The fourth-order valence-electron chi connectivity index (χ4n) is 3.06. The molecule has 0 spiro atoms. The highest BCUT2D eigenvalue weighted by Crippen LogP contribution is 2.49. The molecule has 1 aliphatic heterocycles. The molecule has 0 aromatic rings. The van der Waals surface area contributed by atoms with E-state index >= 15 is 0 Å². The molecule has 4 nitrogen and oxygen atoms in total. The van der Waals surface area contributed by atoms with Crippen LogP contribution in [0.1, 0.15) is 32.1 Å². The van der Waals surface area contributed by atoms with E-state index in [-0.39, 0.29) is 30.3 Å². The van der Waals surface area contributed by atoms with Crippen LogP contribution in [0.5, 0.6) is 0 Å². The van der Waals surface area contributed by atoms with Crippen molar-refractivity contribution in [1.29, 1.82) is 0 Å². The Kier molecular flexibility index (Phi) is 1.75. The monoisotopic (exact) mass is 209 g/mol. The van der Waals surface area contributed by atoms with Gasteiger partial charge in [0.2, 0.25) is 11.8 Å². The number of hydrogen-bond donors (Lipinski definition) is 1. The number of likely N-dealkylation sites (tertiary alicyclic amines) is 1. The second-order valence-electron chi connectivity index (χ2n) is 5.04. The molecule has 1 N–H and O–H groups in total. The number of aliphatic hydroxyl groups excluding tert-OH is 1. The van der Waals surface area contributed by atoms with Gasteiger partial charge in [-0.05, 0) is 25.7 Å². The standard InChI is InChI=1S/C11H15NO3/c13-6-11(4-5-11)12-9(14)7-2-1-3-8(7)10(12)15/h7-8,13H,1-6H2. The number of fused-ring (bicyclic) bond motifs is 1. The average Bonchev–Trinajstić information content (AvgIpc) is 2.78. The van der Waals surface area contributed by atoms with Crippen molar-refractivity contribution in [3.63, 3.8) is 0 Å². The van der Waals surface area contributed by atoms with Gasteiger partial charge in [0.1, 0.15) is 0 Å². The first kappa shape index (κ1) is 9.33. The number of imide groups is 1. The van der Waals surface area contributed by atoms with Gasteiger partial charge < -0.3 is 5.11 Å². The lowest BCUT2D eigenvalue weighted by Gasteiger charge is -2.25. The maximum absolute atomic E-state index is 12.0. The number of nitrogens with zero attached hydrogens (tertiary/aromatic N) is 1. The van der Waals surface area contributed by atoms with Gasteiger partial charge in [-0.2, -0.15) is 0 Å². The molecule has 0 radical (unpaired) electrons. The number of carbonyl (C=O) groups is 2. The van der Waals surface area contributed by atoms with Crippen LogP contribution in [0.25, 0.3) is 0 Å². The van der Waals surface area contributed by atoms with Crippen LogP contribution in [-0.2, 0) is 9.59 Å². The fraction of sp³-hybridized carbons (Fsp3) is 0.818. The molecular formula is C11H15NO3. The molecule has 2 atom stereocenters.